The molecule has 3 aromatic rings. The summed E-state index contributed by atoms with van der Waals surface area (Å²) in [7, 11) is -4.10. The summed E-state index contributed by atoms with van der Waals surface area (Å²) in [5.41, 5.74) is 0.374. The maximum absolute atomic E-state index is 13.8. The molecule has 0 saturated heterocycles. The number of para-hydroxylation sites is 1. The van der Waals surface area contributed by atoms with Crippen LogP contribution in [0.15, 0.2) is 89.8 Å². The fourth-order valence-corrected chi connectivity index (χ4v) is 5.12. The largest absolute Gasteiger partial charge is 0.350 e. The molecule has 0 aromatic heterocycles. The van der Waals surface area contributed by atoms with Crippen molar-refractivity contribution in [2.75, 3.05) is 10.8 Å². The van der Waals surface area contributed by atoms with E-state index in [9.17, 15) is 22.4 Å². The van der Waals surface area contributed by atoms with E-state index in [0.717, 1.165) is 4.31 Å². The maximum Gasteiger partial charge on any atom is 0.264 e. The van der Waals surface area contributed by atoms with Crippen LogP contribution in [0.3, 0.4) is 0 Å². The van der Waals surface area contributed by atoms with Crippen LogP contribution in [-0.2, 0) is 26.2 Å². The van der Waals surface area contributed by atoms with E-state index < -0.39 is 39.9 Å². The molecule has 0 aliphatic heterocycles. The highest BCUT2D eigenvalue weighted by Crippen LogP contribution is 2.24. The third-order valence-electron chi connectivity index (χ3n) is 5.59. The molecule has 0 heterocycles. The third kappa shape index (κ3) is 7.39. The van der Waals surface area contributed by atoms with Crippen molar-refractivity contribution in [1.29, 1.82) is 0 Å². The molecule has 9 heteroatoms. The molecular weight excluding hydrogens is 493 g/mol. The van der Waals surface area contributed by atoms with Crippen LogP contribution in [0.1, 0.15) is 33.3 Å². The first kappa shape index (κ1) is 27.9. The number of halogens is 1. The van der Waals surface area contributed by atoms with E-state index in [0.29, 0.717) is 11.3 Å². The fraction of sp³-hybridized carbons (Fsp3) is 0.286. The summed E-state index contributed by atoms with van der Waals surface area (Å²) in [4.78, 5) is 28.1. The lowest BCUT2D eigenvalue weighted by Gasteiger charge is -2.33. The van der Waals surface area contributed by atoms with Crippen LogP contribution in [0.2, 0.25) is 0 Å². The van der Waals surface area contributed by atoms with Crippen LogP contribution >= 0.6 is 0 Å². The Bertz CT molecular complexity index is 1310. The second-order valence-electron chi connectivity index (χ2n) is 9.72. The number of nitrogens with one attached hydrogen (secondary N) is 1. The van der Waals surface area contributed by atoms with Gasteiger partial charge < -0.3 is 10.2 Å². The van der Waals surface area contributed by atoms with Crippen molar-refractivity contribution in [3.05, 3.63) is 96.3 Å². The van der Waals surface area contributed by atoms with E-state index >= 15 is 0 Å². The van der Waals surface area contributed by atoms with Crippen molar-refractivity contribution in [3.63, 3.8) is 0 Å². The highest BCUT2D eigenvalue weighted by molar-refractivity contribution is 7.92. The Morgan fingerprint density at radius 3 is 1.97 bits per heavy atom. The van der Waals surface area contributed by atoms with Gasteiger partial charge in [-0.05, 0) is 69.7 Å². The van der Waals surface area contributed by atoms with Crippen molar-refractivity contribution < 1.29 is 22.4 Å². The average molecular weight is 526 g/mol. The molecule has 0 unspecified atom stereocenters. The lowest BCUT2D eigenvalue weighted by atomic mass is 10.1. The van der Waals surface area contributed by atoms with Gasteiger partial charge in [-0.1, -0.05) is 48.5 Å². The first-order valence-electron chi connectivity index (χ1n) is 11.9. The van der Waals surface area contributed by atoms with E-state index in [2.05, 4.69) is 5.32 Å². The van der Waals surface area contributed by atoms with Crippen molar-refractivity contribution >= 4 is 27.5 Å². The Morgan fingerprint density at radius 2 is 1.43 bits per heavy atom. The van der Waals surface area contributed by atoms with Crippen molar-refractivity contribution in [1.82, 2.24) is 10.2 Å². The molecule has 0 bridgehead atoms. The summed E-state index contributed by atoms with van der Waals surface area (Å²) < 4.78 is 41.8. The topological polar surface area (TPSA) is 86.8 Å². The minimum absolute atomic E-state index is 0.00808. The molecule has 37 heavy (non-hydrogen) atoms. The number of rotatable bonds is 9. The van der Waals surface area contributed by atoms with E-state index in [1.807, 2.05) is 20.8 Å². The number of nitrogens with zero attached hydrogens (tertiary/aromatic N) is 2. The number of hydrogen-bond donors (Lipinski definition) is 1. The highest BCUT2D eigenvalue weighted by atomic mass is 32.2. The van der Waals surface area contributed by atoms with Crippen LogP contribution in [0.5, 0.6) is 0 Å². The number of carbonyl (C=O) groups excluding carboxylic acids is 2. The first-order chi connectivity index (χ1) is 17.4. The van der Waals surface area contributed by atoms with Gasteiger partial charge in [-0.25, -0.2) is 12.8 Å². The Labute approximate surface area is 218 Å². The van der Waals surface area contributed by atoms with E-state index in [-0.39, 0.29) is 17.3 Å². The zero-order valence-corrected chi connectivity index (χ0v) is 22.2. The van der Waals surface area contributed by atoms with Crippen LogP contribution in [0.4, 0.5) is 10.1 Å². The van der Waals surface area contributed by atoms with Gasteiger partial charge >= 0.3 is 0 Å². The smallest absolute Gasteiger partial charge is 0.264 e. The van der Waals surface area contributed by atoms with E-state index in [1.54, 1.807) is 55.5 Å². The van der Waals surface area contributed by atoms with Gasteiger partial charge in [-0.2, -0.15) is 0 Å². The quantitative estimate of drug-likeness (QED) is 0.450. The molecule has 0 spiro atoms. The molecule has 0 fully saturated rings. The molecule has 0 aliphatic carbocycles. The predicted octanol–water partition coefficient (Wildman–Crippen LogP) is 4.35. The fourth-order valence-electron chi connectivity index (χ4n) is 3.69. The minimum Gasteiger partial charge on any atom is -0.350 e. The number of benzene rings is 3. The summed E-state index contributed by atoms with van der Waals surface area (Å²) in [5.74, 6) is -1.39. The molecule has 1 atom stereocenters. The second kappa shape index (κ2) is 11.6. The molecule has 0 saturated carbocycles. The van der Waals surface area contributed by atoms with Gasteiger partial charge in [0.1, 0.15) is 18.4 Å². The summed E-state index contributed by atoms with van der Waals surface area (Å²) in [6.07, 6.45) is 0. The number of hydrogen-bond acceptors (Lipinski definition) is 4. The molecule has 3 rings (SSSR count). The van der Waals surface area contributed by atoms with Crippen LogP contribution < -0.4 is 9.62 Å². The van der Waals surface area contributed by atoms with Crippen molar-refractivity contribution in [2.24, 2.45) is 0 Å². The molecule has 3 aromatic carbocycles. The number of carbonyl (C=O) groups is 2. The normalized spacial score (nSPS) is 12.5. The minimum atomic E-state index is -4.10. The Morgan fingerprint density at radius 1 is 0.892 bits per heavy atom. The Kier molecular flexibility index (Phi) is 8.70. The second-order valence-corrected chi connectivity index (χ2v) is 11.6. The molecule has 1 N–H and O–H groups in total. The number of anilines is 1. The van der Waals surface area contributed by atoms with Gasteiger partial charge in [0.2, 0.25) is 11.8 Å². The summed E-state index contributed by atoms with van der Waals surface area (Å²) in [6, 6.07) is 20.9. The zero-order valence-electron chi connectivity index (χ0n) is 21.4. The van der Waals surface area contributed by atoms with Crippen molar-refractivity contribution in [2.45, 2.75) is 50.7 Å². The van der Waals surface area contributed by atoms with E-state index in [1.165, 1.54) is 41.3 Å². The summed E-state index contributed by atoms with van der Waals surface area (Å²) >= 11 is 0. The van der Waals surface area contributed by atoms with Gasteiger partial charge in [0, 0.05) is 12.1 Å². The first-order valence-corrected chi connectivity index (χ1v) is 13.3. The van der Waals surface area contributed by atoms with Crippen LogP contribution in [-0.4, -0.2) is 43.3 Å². The van der Waals surface area contributed by atoms with Gasteiger partial charge in [0.05, 0.1) is 10.6 Å². The SMILES string of the molecule is C[C@H](C(=O)NC(C)(C)C)N(Cc1ccc(F)cc1)C(=O)CN(c1ccccc1)S(=O)(=O)c1ccccc1. The molecule has 2 amide bonds. The molecule has 0 radical (unpaired) electrons. The molecule has 7 nitrogen and oxygen atoms in total. The summed E-state index contributed by atoms with van der Waals surface area (Å²) in [5, 5.41) is 2.87. The third-order valence-corrected chi connectivity index (χ3v) is 7.37. The summed E-state index contributed by atoms with van der Waals surface area (Å²) in [6.45, 7) is 6.52. The lowest BCUT2D eigenvalue weighted by Crippen LogP contribution is -2.54. The Balaban J connectivity index is 1.99. The monoisotopic (exact) mass is 525 g/mol. The lowest BCUT2D eigenvalue weighted by molar-refractivity contribution is -0.140. The average Bonchev–Trinajstić information content (AvgIpc) is 2.86. The van der Waals surface area contributed by atoms with Gasteiger partial charge in [-0.15, -0.1) is 0 Å². The van der Waals surface area contributed by atoms with Crippen LogP contribution in [0.25, 0.3) is 0 Å². The standard InChI is InChI=1S/C28H32FN3O4S/c1-21(27(34)30-28(2,3)4)31(19-22-15-17-23(29)18-16-22)26(33)20-32(24-11-7-5-8-12-24)37(35,36)25-13-9-6-10-14-25/h5-18,21H,19-20H2,1-4H3,(H,30,34)/t21-/m1/s1. The molecule has 0 aliphatic rings. The number of sulfonamides is 1. The molecular formula is C28H32FN3O4S. The number of amides is 2. The molecule has 196 valence electrons. The van der Waals surface area contributed by atoms with Crippen molar-refractivity contribution in [3.8, 4) is 0 Å². The maximum atomic E-state index is 13.8. The predicted molar refractivity (Wildman–Crippen MR) is 142 cm³/mol. The Hall–Kier alpha value is -3.72. The van der Waals surface area contributed by atoms with Crippen LogP contribution in [0, 0.1) is 5.82 Å². The zero-order chi connectivity index (χ0) is 27.2. The highest BCUT2D eigenvalue weighted by Gasteiger charge is 2.33. The van der Waals surface area contributed by atoms with Gasteiger partial charge in [0.15, 0.2) is 0 Å². The van der Waals surface area contributed by atoms with E-state index in [4.69, 9.17) is 0 Å². The van der Waals surface area contributed by atoms with Gasteiger partial charge in [0.25, 0.3) is 10.0 Å². The van der Waals surface area contributed by atoms with Gasteiger partial charge in [-0.3, -0.25) is 13.9 Å².